The highest BCUT2D eigenvalue weighted by Crippen LogP contribution is 2.37. The van der Waals surface area contributed by atoms with Gasteiger partial charge in [0.25, 0.3) is 0 Å². The molecule has 0 fully saturated rings. The van der Waals surface area contributed by atoms with Crippen LogP contribution in [0, 0.1) is 0 Å². The smallest absolute Gasteiger partial charge is 0.196 e. The summed E-state index contributed by atoms with van der Waals surface area (Å²) >= 11 is 1.64. The van der Waals surface area contributed by atoms with E-state index >= 15 is 0 Å². The van der Waals surface area contributed by atoms with Crippen LogP contribution in [0.5, 0.6) is 0 Å². The monoisotopic (exact) mass is 258 g/mol. The summed E-state index contributed by atoms with van der Waals surface area (Å²) in [5.74, 6) is 0.555. The standard InChI is InChI=1S/C13H14N4S/c1-13(11-15-7-8-18-11)9-16-12(14)17(13)10-5-3-2-4-6-10/h2-8H,9H2,1H3,(H2,14,16). The van der Waals surface area contributed by atoms with Gasteiger partial charge in [-0.2, -0.15) is 0 Å². The molecular weight excluding hydrogens is 244 g/mol. The zero-order valence-electron chi connectivity index (χ0n) is 10.1. The fourth-order valence-electron chi connectivity index (χ4n) is 2.28. The molecule has 2 aromatic rings. The average Bonchev–Trinajstić information content (AvgIpc) is 3.00. The largest absolute Gasteiger partial charge is 0.369 e. The lowest BCUT2D eigenvalue weighted by atomic mass is 10.0. The van der Waals surface area contributed by atoms with Gasteiger partial charge in [0.1, 0.15) is 10.5 Å². The molecule has 1 aliphatic heterocycles. The summed E-state index contributed by atoms with van der Waals surface area (Å²) in [5.41, 5.74) is 6.82. The highest BCUT2D eigenvalue weighted by atomic mass is 32.1. The molecule has 92 valence electrons. The fraction of sp³-hybridized carbons (Fsp3) is 0.231. The third kappa shape index (κ3) is 1.59. The number of guanidine groups is 1. The number of aliphatic imine (C=N–C) groups is 1. The van der Waals surface area contributed by atoms with E-state index in [2.05, 4.69) is 21.8 Å². The Morgan fingerprint density at radius 2 is 2.11 bits per heavy atom. The molecule has 5 heteroatoms. The lowest BCUT2D eigenvalue weighted by Crippen LogP contribution is -2.47. The molecule has 0 saturated carbocycles. The third-order valence-corrected chi connectivity index (χ3v) is 4.21. The van der Waals surface area contributed by atoms with Crippen molar-refractivity contribution in [3.8, 4) is 0 Å². The van der Waals surface area contributed by atoms with Gasteiger partial charge in [0.2, 0.25) is 0 Å². The molecule has 1 unspecified atom stereocenters. The van der Waals surface area contributed by atoms with Crippen molar-refractivity contribution >= 4 is 23.0 Å². The SMILES string of the molecule is CC1(c2nccs2)CN=C(N)N1c1ccccc1. The van der Waals surface area contributed by atoms with Crippen molar-refractivity contribution in [3.63, 3.8) is 0 Å². The number of hydrogen-bond acceptors (Lipinski definition) is 5. The van der Waals surface area contributed by atoms with Crippen LogP contribution in [0.2, 0.25) is 0 Å². The predicted octanol–water partition coefficient (Wildman–Crippen LogP) is 2.19. The first kappa shape index (κ1) is 11.2. The number of nitrogens with two attached hydrogens (primary N) is 1. The van der Waals surface area contributed by atoms with E-state index < -0.39 is 0 Å². The maximum absolute atomic E-state index is 6.05. The molecule has 0 aliphatic carbocycles. The summed E-state index contributed by atoms with van der Waals surface area (Å²) in [6.45, 7) is 2.77. The number of hydrogen-bond donors (Lipinski definition) is 1. The predicted molar refractivity (Wildman–Crippen MR) is 74.9 cm³/mol. The normalized spacial score (nSPS) is 23.2. The zero-order valence-corrected chi connectivity index (χ0v) is 10.9. The molecule has 2 heterocycles. The van der Waals surface area contributed by atoms with E-state index in [4.69, 9.17) is 5.73 Å². The van der Waals surface area contributed by atoms with E-state index in [0.717, 1.165) is 10.7 Å². The van der Waals surface area contributed by atoms with Gasteiger partial charge < -0.3 is 5.73 Å². The maximum atomic E-state index is 6.05. The van der Waals surface area contributed by atoms with Crippen LogP contribution in [-0.4, -0.2) is 17.5 Å². The summed E-state index contributed by atoms with van der Waals surface area (Å²) in [5, 5.41) is 3.02. The molecule has 2 N–H and O–H groups in total. The molecule has 1 atom stereocenters. The minimum absolute atomic E-state index is 0.278. The van der Waals surface area contributed by atoms with Crippen LogP contribution >= 0.6 is 11.3 Å². The molecule has 1 aromatic heterocycles. The minimum atomic E-state index is -0.278. The Balaban J connectivity index is 2.07. The molecule has 18 heavy (non-hydrogen) atoms. The average molecular weight is 258 g/mol. The van der Waals surface area contributed by atoms with E-state index in [1.165, 1.54) is 0 Å². The summed E-state index contributed by atoms with van der Waals surface area (Å²) in [6.07, 6.45) is 1.82. The van der Waals surface area contributed by atoms with Crippen molar-refractivity contribution in [2.75, 3.05) is 11.4 Å². The summed E-state index contributed by atoms with van der Waals surface area (Å²) < 4.78 is 0. The minimum Gasteiger partial charge on any atom is -0.369 e. The lowest BCUT2D eigenvalue weighted by Gasteiger charge is -2.34. The molecule has 4 nitrogen and oxygen atoms in total. The summed E-state index contributed by atoms with van der Waals surface area (Å²) in [6, 6.07) is 10.1. The molecule has 1 aromatic carbocycles. The van der Waals surface area contributed by atoms with Gasteiger partial charge in [-0.3, -0.25) is 9.89 Å². The number of nitrogens with zero attached hydrogens (tertiary/aromatic N) is 3. The first-order valence-corrected chi connectivity index (χ1v) is 6.65. The molecule has 0 amide bonds. The summed E-state index contributed by atoms with van der Waals surface area (Å²) in [7, 11) is 0. The second kappa shape index (κ2) is 4.10. The molecule has 0 radical (unpaired) electrons. The molecule has 0 bridgehead atoms. The molecule has 3 rings (SSSR count). The second-order valence-corrected chi connectivity index (χ2v) is 5.35. The molecule has 0 spiro atoms. The Bertz CT molecular complexity index is 564. The third-order valence-electron chi connectivity index (χ3n) is 3.18. The highest BCUT2D eigenvalue weighted by Gasteiger charge is 2.42. The number of benzene rings is 1. The first-order valence-electron chi connectivity index (χ1n) is 5.77. The van der Waals surface area contributed by atoms with E-state index in [9.17, 15) is 0 Å². The molecular formula is C13H14N4S. The number of aromatic nitrogens is 1. The van der Waals surface area contributed by atoms with Gasteiger partial charge in [-0.15, -0.1) is 11.3 Å². The van der Waals surface area contributed by atoms with Gasteiger partial charge in [-0.25, -0.2) is 4.98 Å². The van der Waals surface area contributed by atoms with Gasteiger partial charge in [0.15, 0.2) is 5.96 Å². The van der Waals surface area contributed by atoms with Crippen LogP contribution in [0.3, 0.4) is 0 Å². The Morgan fingerprint density at radius 3 is 2.78 bits per heavy atom. The van der Waals surface area contributed by atoms with Crippen LogP contribution in [0.4, 0.5) is 5.69 Å². The van der Waals surface area contributed by atoms with Crippen molar-refractivity contribution in [1.29, 1.82) is 0 Å². The van der Waals surface area contributed by atoms with Crippen LogP contribution in [0.15, 0.2) is 46.9 Å². The van der Waals surface area contributed by atoms with Gasteiger partial charge >= 0.3 is 0 Å². The lowest BCUT2D eigenvalue weighted by molar-refractivity contribution is 0.529. The van der Waals surface area contributed by atoms with Crippen molar-refractivity contribution in [1.82, 2.24) is 4.98 Å². The van der Waals surface area contributed by atoms with Crippen molar-refractivity contribution in [2.45, 2.75) is 12.5 Å². The Morgan fingerprint density at radius 1 is 1.33 bits per heavy atom. The fourth-order valence-corrected chi connectivity index (χ4v) is 3.06. The van der Waals surface area contributed by atoms with Crippen LogP contribution in [0.1, 0.15) is 11.9 Å². The first-order chi connectivity index (χ1) is 8.72. The Labute approximate surface area is 110 Å². The van der Waals surface area contributed by atoms with Crippen LogP contribution in [0.25, 0.3) is 0 Å². The quantitative estimate of drug-likeness (QED) is 0.898. The van der Waals surface area contributed by atoms with Gasteiger partial charge in [0.05, 0.1) is 6.54 Å². The van der Waals surface area contributed by atoms with Crippen LogP contribution < -0.4 is 10.6 Å². The highest BCUT2D eigenvalue weighted by molar-refractivity contribution is 7.09. The summed E-state index contributed by atoms with van der Waals surface area (Å²) in [4.78, 5) is 10.9. The topological polar surface area (TPSA) is 54.5 Å². The molecule has 0 saturated heterocycles. The number of rotatable bonds is 2. The number of anilines is 1. The molecule has 1 aliphatic rings. The Kier molecular flexibility index (Phi) is 2.56. The van der Waals surface area contributed by atoms with E-state index in [1.54, 1.807) is 11.3 Å². The maximum Gasteiger partial charge on any atom is 0.196 e. The van der Waals surface area contributed by atoms with Crippen LogP contribution in [-0.2, 0) is 5.54 Å². The van der Waals surface area contributed by atoms with E-state index in [-0.39, 0.29) is 5.54 Å². The second-order valence-electron chi connectivity index (χ2n) is 4.46. The van der Waals surface area contributed by atoms with Gasteiger partial charge in [-0.05, 0) is 19.1 Å². The Hall–Kier alpha value is -1.88. The van der Waals surface area contributed by atoms with Crippen molar-refractivity contribution in [2.24, 2.45) is 10.7 Å². The van der Waals surface area contributed by atoms with Crippen molar-refractivity contribution < 1.29 is 0 Å². The number of thiazole rings is 1. The van der Waals surface area contributed by atoms with E-state index in [1.807, 2.05) is 41.9 Å². The van der Waals surface area contributed by atoms with Gasteiger partial charge in [0, 0.05) is 17.3 Å². The van der Waals surface area contributed by atoms with E-state index in [0.29, 0.717) is 12.5 Å². The van der Waals surface area contributed by atoms with Gasteiger partial charge in [-0.1, -0.05) is 18.2 Å². The zero-order chi connectivity index (χ0) is 12.6. The number of para-hydroxylation sites is 1. The van der Waals surface area contributed by atoms with Crippen molar-refractivity contribution in [3.05, 3.63) is 46.9 Å².